The minimum Gasteiger partial charge on any atom is -0.261 e. The lowest BCUT2D eigenvalue weighted by Crippen LogP contribution is -1.87. The molecule has 0 saturated heterocycles. The van der Waals surface area contributed by atoms with Gasteiger partial charge in [0, 0.05) is 30.1 Å². The van der Waals surface area contributed by atoms with E-state index in [0.29, 0.717) is 0 Å². The van der Waals surface area contributed by atoms with E-state index in [-0.39, 0.29) is 0 Å². The van der Waals surface area contributed by atoms with E-state index in [2.05, 4.69) is 38.8 Å². The van der Waals surface area contributed by atoms with Crippen LogP contribution >= 0.6 is 15.9 Å². The summed E-state index contributed by atoms with van der Waals surface area (Å²) in [5.41, 5.74) is 1.17. The largest absolute Gasteiger partial charge is 0.261 e. The third kappa shape index (κ3) is 6.63. The summed E-state index contributed by atoms with van der Waals surface area (Å²) in [5, 5.41) is 1.09. The molecule has 1 nitrogen and oxygen atoms in total. The molecule has 86 valence electrons. The molecule has 0 spiro atoms. The van der Waals surface area contributed by atoms with Crippen LogP contribution < -0.4 is 0 Å². The van der Waals surface area contributed by atoms with Crippen LogP contribution in [0.2, 0.25) is 0 Å². The first-order valence-corrected chi connectivity index (χ1v) is 6.97. The summed E-state index contributed by atoms with van der Waals surface area (Å²) in [4.78, 5) is 4.28. The van der Waals surface area contributed by atoms with Gasteiger partial charge in [-0.3, -0.25) is 4.98 Å². The van der Waals surface area contributed by atoms with Crippen LogP contribution in [-0.2, 0) is 6.42 Å². The fourth-order valence-electron chi connectivity index (χ4n) is 1.39. The Labute approximate surface area is 107 Å². The van der Waals surface area contributed by atoms with Crippen LogP contribution in [0.4, 0.5) is 0 Å². The van der Waals surface area contributed by atoms with Crippen molar-refractivity contribution in [3.05, 3.63) is 30.1 Å². The van der Waals surface area contributed by atoms with Gasteiger partial charge in [0.05, 0.1) is 0 Å². The zero-order valence-corrected chi connectivity index (χ0v) is 11.2. The summed E-state index contributed by atoms with van der Waals surface area (Å²) < 4.78 is 0. The first-order valence-electron chi connectivity index (χ1n) is 5.85. The van der Waals surface area contributed by atoms with Crippen molar-refractivity contribution in [2.24, 2.45) is 0 Å². The number of hydrogen-bond acceptors (Lipinski definition) is 1. The Bertz CT molecular complexity index is 324. The van der Waals surface area contributed by atoms with Gasteiger partial charge in [0.1, 0.15) is 0 Å². The highest BCUT2D eigenvalue weighted by molar-refractivity contribution is 9.09. The average molecular weight is 280 g/mol. The van der Waals surface area contributed by atoms with E-state index in [1.807, 2.05) is 18.3 Å². The third-order valence-electron chi connectivity index (χ3n) is 2.27. The molecule has 0 aliphatic heterocycles. The van der Waals surface area contributed by atoms with Crippen molar-refractivity contribution < 1.29 is 0 Å². The smallest absolute Gasteiger partial charge is 0.0403 e. The zero-order valence-electron chi connectivity index (χ0n) is 9.58. The van der Waals surface area contributed by atoms with Gasteiger partial charge in [-0.1, -0.05) is 22.0 Å². The maximum absolute atomic E-state index is 4.28. The van der Waals surface area contributed by atoms with E-state index in [1.54, 1.807) is 0 Å². The third-order valence-corrected chi connectivity index (χ3v) is 2.83. The van der Waals surface area contributed by atoms with Crippen molar-refractivity contribution in [3.63, 3.8) is 0 Å². The number of pyridine rings is 1. The number of aryl methyl sites for hydroxylation is 1. The maximum Gasteiger partial charge on any atom is 0.0403 e. The van der Waals surface area contributed by atoms with Crippen LogP contribution in [-0.4, -0.2) is 10.3 Å². The van der Waals surface area contributed by atoms with Crippen molar-refractivity contribution >= 4 is 15.9 Å². The monoisotopic (exact) mass is 279 g/mol. The molecule has 0 bridgehead atoms. The van der Waals surface area contributed by atoms with Gasteiger partial charge in [0.25, 0.3) is 0 Å². The molecule has 1 aromatic rings. The Morgan fingerprint density at radius 3 is 2.56 bits per heavy atom. The molecule has 16 heavy (non-hydrogen) atoms. The molecule has 0 aromatic carbocycles. The van der Waals surface area contributed by atoms with Crippen LogP contribution in [0.1, 0.15) is 37.8 Å². The molecule has 1 aromatic heterocycles. The summed E-state index contributed by atoms with van der Waals surface area (Å²) >= 11 is 3.41. The van der Waals surface area contributed by atoms with Gasteiger partial charge in [-0.25, -0.2) is 0 Å². The topological polar surface area (TPSA) is 12.9 Å². The Kier molecular flexibility index (Phi) is 7.80. The highest BCUT2D eigenvalue weighted by atomic mass is 79.9. The van der Waals surface area contributed by atoms with E-state index in [1.165, 1.54) is 18.5 Å². The highest BCUT2D eigenvalue weighted by Crippen LogP contribution is 2.01. The molecule has 0 fully saturated rings. The van der Waals surface area contributed by atoms with Gasteiger partial charge in [-0.15, -0.1) is 11.8 Å². The Morgan fingerprint density at radius 2 is 1.88 bits per heavy atom. The minimum absolute atomic E-state index is 0.991. The SMILES string of the molecule is BrCCCCC#CCCCc1ccccn1. The molecule has 1 rings (SSSR count). The first kappa shape index (κ1) is 13.3. The summed E-state index contributed by atoms with van der Waals surface area (Å²) in [6, 6.07) is 6.06. The number of halogens is 1. The fraction of sp³-hybridized carbons (Fsp3) is 0.500. The lowest BCUT2D eigenvalue weighted by molar-refractivity contribution is 0.822. The van der Waals surface area contributed by atoms with Crippen LogP contribution in [0.3, 0.4) is 0 Å². The molecule has 0 radical (unpaired) electrons. The molecule has 0 aliphatic carbocycles. The number of hydrogen-bond donors (Lipinski definition) is 0. The van der Waals surface area contributed by atoms with E-state index in [4.69, 9.17) is 0 Å². The maximum atomic E-state index is 4.28. The van der Waals surface area contributed by atoms with E-state index < -0.39 is 0 Å². The van der Waals surface area contributed by atoms with Crippen molar-refractivity contribution in [3.8, 4) is 11.8 Å². The molecule has 0 amide bonds. The Hall–Kier alpha value is -0.810. The quantitative estimate of drug-likeness (QED) is 0.436. The Balaban J connectivity index is 2.03. The number of alkyl halides is 1. The number of rotatable bonds is 6. The zero-order chi connectivity index (χ0) is 11.5. The summed E-state index contributed by atoms with van der Waals surface area (Å²) in [7, 11) is 0. The second-order valence-corrected chi connectivity index (χ2v) is 4.47. The van der Waals surface area contributed by atoms with Gasteiger partial charge in [0.2, 0.25) is 0 Å². The first-order chi connectivity index (χ1) is 7.93. The number of aromatic nitrogens is 1. The van der Waals surface area contributed by atoms with Crippen molar-refractivity contribution in [1.29, 1.82) is 0 Å². The van der Waals surface area contributed by atoms with Gasteiger partial charge < -0.3 is 0 Å². The second-order valence-electron chi connectivity index (χ2n) is 3.67. The van der Waals surface area contributed by atoms with Crippen molar-refractivity contribution in [2.45, 2.75) is 38.5 Å². The second kappa shape index (κ2) is 9.42. The molecular formula is C14H18BrN. The molecule has 2 heteroatoms. The molecule has 0 aliphatic rings. The highest BCUT2D eigenvalue weighted by Gasteiger charge is 1.90. The van der Waals surface area contributed by atoms with Crippen LogP contribution in [0.15, 0.2) is 24.4 Å². The van der Waals surface area contributed by atoms with E-state index in [9.17, 15) is 0 Å². The van der Waals surface area contributed by atoms with Crippen LogP contribution in [0.25, 0.3) is 0 Å². The molecule has 0 unspecified atom stereocenters. The van der Waals surface area contributed by atoms with Crippen LogP contribution in [0.5, 0.6) is 0 Å². The number of unbranched alkanes of at least 4 members (excludes halogenated alkanes) is 3. The lowest BCUT2D eigenvalue weighted by Gasteiger charge is -1.95. The van der Waals surface area contributed by atoms with Gasteiger partial charge in [-0.2, -0.15) is 0 Å². The minimum atomic E-state index is 0.991. The van der Waals surface area contributed by atoms with E-state index >= 15 is 0 Å². The van der Waals surface area contributed by atoms with Crippen molar-refractivity contribution in [2.75, 3.05) is 5.33 Å². The lowest BCUT2D eigenvalue weighted by atomic mass is 10.2. The Morgan fingerprint density at radius 1 is 1.06 bits per heavy atom. The summed E-state index contributed by atoms with van der Waals surface area (Å²) in [6.45, 7) is 0. The predicted octanol–water partition coefficient (Wildman–Crippen LogP) is 3.97. The van der Waals surface area contributed by atoms with Gasteiger partial charge >= 0.3 is 0 Å². The predicted molar refractivity (Wildman–Crippen MR) is 72.6 cm³/mol. The summed E-state index contributed by atoms with van der Waals surface area (Å²) in [6.07, 6.45) is 8.46. The molecule has 1 heterocycles. The van der Waals surface area contributed by atoms with Crippen molar-refractivity contribution in [1.82, 2.24) is 4.98 Å². The molecular weight excluding hydrogens is 262 g/mol. The number of nitrogens with zero attached hydrogens (tertiary/aromatic N) is 1. The fourth-order valence-corrected chi connectivity index (χ4v) is 1.79. The average Bonchev–Trinajstić information content (AvgIpc) is 2.34. The van der Waals surface area contributed by atoms with Gasteiger partial charge in [-0.05, 0) is 37.8 Å². The summed E-state index contributed by atoms with van der Waals surface area (Å²) in [5.74, 6) is 6.44. The van der Waals surface area contributed by atoms with Gasteiger partial charge in [0.15, 0.2) is 0 Å². The van der Waals surface area contributed by atoms with E-state index in [0.717, 1.165) is 31.0 Å². The normalized spacial score (nSPS) is 9.56. The molecule has 0 saturated carbocycles. The van der Waals surface area contributed by atoms with Crippen LogP contribution in [0, 0.1) is 11.8 Å². The molecule has 0 N–H and O–H groups in total. The molecule has 0 atom stereocenters. The standard InChI is InChI=1S/C14H18BrN/c15-12-8-5-3-1-2-4-6-10-14-11-7-9-13-16-14/h7,9,11,13H,3-6,8,10,12H2.